The van der Waals surface area contributed by atoms with Crippen LogP contribution >= 0.6 is 34.3 Å². The summed E-state index contributed by atoms with van der Waals surface area (Å²) in [4.78, 5) is 30.2. The molecule has 1 N–H and O–H groups in total. The van der Waals surface area contributed by atoms with Crippen molar-refractivity contribution in [1.29, 1.82) is 0 Å². The van der Waals surface area contributed by atoms with Crippen molar-refractivity contribution in [2.45, 2.75) is 6.92 Å². The molecule has 2 aromatic carbocycles. The van der Waals surface area contributed by atoms with E-state index in [2.05, 4.69) is 10.3 Å². The summed E-state index contributed by atoms with van der Waals surface area (Å²) in [7, 11) is 0. The number of hydrogen-bond donors (Lipinski definition) is 1. The quantitative estimate of drug-likeness (QED) is 0.410. The van der Waals surface area contributed by atoms with Gasteiger partial charge in [0, 0.05) is 22.6 Å². The van der Waals surface area contributed by atoms with Gasteiger partial charge in [-0.15, -0.1) is 11.3 Å². The van der Waals surface area contributed by atoms with Crippen LogP contribution in [-0.4, -0.2) is 16.7 Å². The second kappa shape index (κ2) is 7.23. The highest BCUT2D eigenvalue weighted by Crippen LogP contribution is 2.36. The maximum Gasteiger partial charge on any atom is 0.269 e. The summed E-state index contributed by atoms with van der Waals surface area (Å²) in [5, 5.41) is 4.44. The van der Waals surface area contributed by atoms with Crippen LogP contribution in [0.3, 0.4) is 0 Å². The number of rotatable bonds is 4. The molecule has 0 saturated heterocycles. The average molecular weight is 413 g/mol. The highest BCUT2D eigenvalue weighted by molar-refractivity contribution is 7.22. The summed E-state index contributed by atoms with van der Waals surface area (Å²) >= 11 is 8.88. The Balaban J connectivity index is 1.69. The van der Waals surface area contributed by atoms with E-state index in [1.165, 1.54) is 29.6 Å². The summed E-state index contributed by atoms with van der Waals surface area (Å²) in [6.07, 6.45) is 0. The molecule has 0 unspecified atom stereocenters. The van der Waals surface area contributed by atoms with Crippen LogP contribution < -0.4 is 5.32 Å². The fraction of sp³-hybridized carbons (Fsp3) is 0.0500. The van der Waals surface area contributed by atoms with Gasteiger partial charge in [0.1, 0.15) is 4.88 Å². The number of nitrogens with zero attached hydrogens (tertiary/aromatic N) is 1. The fourth-order valence-corrected chi connectivity index (χ4v) is 5.01. The lowest BCUT2D eigenvalue weighted by molar-refractivity contribution is 0.101. The van der Waals surface area contributed by atoms with E-state index >= 15 is 0 Å². The number of anilines is 1. The first-order valence-electron chi connectivity index (χ1n) is 8.10. The molecule has 4 rings (SSSR count). The van der Waals surface area contributed by atoms with E-state index in [0.29, 0.717) is 25.6 Å². The molecule has 0 fully saturated rings. The summed E-state index contributed by atoms with van der Waals surface area (Å²) in [6.45, 7) is 1.49. The topological polar surface area (TPSA) is 59.1 Å². The Bertz CT molecular complexity index is 1170. The molecule has 27 heavy (non-hydrogen) atoms. The van der Waals surface area contributed by atoms with Crippen LogP contribution in [0.25, 0.3) is 21.3 Å². The van der Waals surface area contributed by atoms with E-state index in [9.17, 15) is 9.59 Å². The van der Waals surface area contributed by atoms with Gasteiger partial charge in [-0.2, -0.15) is 0 Å². The Morgan fingerprint density at radius 2 is 1.67 bits per heavy atom. The number of halogens is 1. The van der Waals surface area contributed by atoms with Crippen LogP contribution in [0.15, 0.2) is 54.6 Å². The lowest BCUT2D eigenvalue weighted by Gasteiger charge is -1.99. The Hall–Kier alpha value is -2.54. The summed E-state index contributed by atoms with van der Waals surface area (Å²) in [5.41, 5.74) is 1.41. The molecule has 7 heteroatoms. The van der Waals surface area contributed by atoms with Gasteiger partial charge < -0.3 is 0 Å². The van der Waals surface area contributed by atoms with Crippen molar-refractivity contribution in [3.63, 3.8) is 0 Å². The molecule has 0 spiro atoms. The minimum atomic E-state index is -0.329. The van der Waals surface area contributed by atoms with Crippen LogP contribution in [0, 0.1) is 0 Å². The van der Waals surface area contributed by atoms with Gasteiger partial charge >= 0.3 is 0 Å². The van der Waals surface area contributed by atoms with E-state index in [1.54, 1.807) is 0 Å². The van der Waals surface area contributed by atoms with Gasteiger partial charge in [-0.1, -0.05) is 71.5 Å². The van der Waals surface area contributed by atoms with Crippen LogP contribution in [0.2, 0.25) is 5.02 Å². The van der Waals surface area contributed by atoms with E-state index < -0.39 is 0 Å². The van der Waals surface area contributed by atoms with Crippen molar-refractivity contribution < 1.29 is 9.59 Å². The van der Waals surface area contributed by atoms with E-state index in [0.717, 1.165) is 15.6 Å². The second-order valence-corrected chi connectivity index (χ2v) is 8.24. The van der Waals surface area contributed by atoms with Gasteiger partial charge in [0.2, 0.25) is 0 Å². The number of ketones is 1. The molecule has 4 aromatic rings. The van der Waals surface area contributed by atoms with Gasteiger partial charge in [0.15, 0.2) is 10.9 Å². The number of fused-ring (bicyclic) bond motifs is 1. The summed E-state index contributed by atoms with van der Waals surface area (Å²) in [6, 6.07) is 17.0. The predicted molar refractivity (Wildman–Crippen MR) is 112 cm³/mol. The van der Waals surface area contributed by atoms with Crippen molar-refractivity contribution in [3.05, 3.63) is 69.4 Å². The minimum absolute atomic E-state index is 0.0910. The number of aromatic nitrogens is 1. The zero-order valence-electron chi connectivity index (χ0n) is 14.2. The zero-order valence-corrected chi connectivity index (χ0v) is 16.5. The smallest absolute Gasteiger partial charge is 0.269 e. The molecule has 1 amide bonds. The van der Waals surface area contributed by atoms with Crippen LogP contribution in [0.4, 0.5) is 5.13 Å². The molecule has 4 nitrogen and oxygen atoms in total. The highest BCUT2D eigenvalue weighted by atomic mass is 35.5. The molecule has 0 aliphatic heterocycles. The molecule has 134 valence electrons. The number of carbonyl (C=O) groups excluding carboxylic acids is 2. The third-order valence-electron chi connectivity index (χ3n) is 3.96. The third-order valence-corrected chi connectivity index (χ3v) is 6.70. The third kappa shape index (κ3) is 3.39. The van der Waals surface area contributed by atoms with Crippen molar-refractivity contribution in [2.75, 3.05) is 5.32 Å². The van der Waals surface area contributed by atoms with Crippen molar-refractivity contribution in [3.8, 4) is 11.3 Å². The largest absolute Gasteiger partial charge is 0.297 e. The lowest BCUT2D eigenvalue weighted by atomic mass is 10.1. The maximum absolute atomic E-state index is 12.7. The minimum Gasteiger partial charge on any atom is -0.297 e. The number of carbonyl (C=O) groups is 2. The SMILES string of the molecule is CC(=O)c1sc(NC(=O)c2sc3ccccc3c2Cl)nc1-c1ccccc1. The molecule has 2 aromatic heterocycles. The molecule has 0 atom stereocenters. The fourth-order valence-electron chi connectivity index (χ4n) is 2.72. The number of amides is 1. The van der Waals surface area contributed by atoms with Gasteiger partial charge in [0.25, 0.3) is 5.91 Å². The Morgan fingerprint density at radius 3 is 2.37 bits per heavy atom. The van der Waals surface area contributed by atoms with E-state index in [1.807, 2.05) is 54.6 Å². The van der Waals surface area contributed by atoms with Crippen molar-refractivity contribution in [2.24, 2.45) is 0 Å². The van der Waals surface area contributed by atoms with Crippen LogP contribution in [0.5, 0.6) is 0 Å². The van der Waals surface area contributed by atoms with E-state index in [-0.39, 0.29) is 11.7 Å². The number of nitrogens with one attached hydrogen (secondary N) is 1. The molecule has 0 aliphatic rings. The zero-order chi connectivity index (χ0) is 19.0. The molecule has 0 bridgehead atoms. The molecule has 0 saturated carbocycles. The number of Topliss-reactive ketones (excluding diaryl/α,β-unsaturated/α-hetero) is 1. The monoisotopic (exact) mass is 412 g/mol. The van der Waals surface area contributed by atoms with Crippen LogP contribution in [-0.2, 0) is 0 Å². The van der Waals surface area contributed by atoms with Gasteiger partial charge in [-0.05, 0) is 6.07 Å². The lowest BCUT2D eigenvalue weighted by Crippen LogP contribution is -2.10. The average Bonchev–Trinajstić information content (AvgIpc) is 3.24. The maximum atomic E-state index is 12.7. The Labute approximate surface area is 168 Å². The first kappa shape index (κ1) is 17.9. The van der Waals surface area contributed by atoms with Gasteiger partial charge in [-0.25, -0.2) is 4.98 Å². The molecular formula is C20H13ClN2O2S2. The predicted octanol–water partition coefficient (Wildman–Crippen LogP) is 6.13. The van der Waals surface area contributed by atoms with Crippen LogP contribution in [0.1, 0.15) is 26.3 Å². The Morgan fingerprint density at radius 1 is 0.963 bits per heavy atom. The number of thiazole rings is 1. The van der Waals surface area contributed by atoms with Gasteiger partial charge in [-0.3, -0.25) is 14.9 Å². The summed E-state index contributed by atoms with van der Waals surface area (Å²) in [5.74, 6) is -0.420. The van der Waals surface area contributed by atoms with E-state index in [4.69, 9.17) is 11.6 Å². The number of hydrogen-bond acceptors (Lipinski definition) is 5. The normalized spacial score (nSPS) is 10.9. The standard InChI is InChI=1S/C20H13ClN2O2S2/c1-11(24)17-16(12-7-3-2-4-8-12)22-20(27-17)23-19(25)18-15(21)13-9-5-6-10-14(13)26-18/h2-10H,1H3,(H,22,23,25). The molecule has 0 radical (unpaired) electrons. The highest BCUT2D eigenvalue weighted by Gasteiger charge is 2.21. The molecular weight excluding hydrogens is 400 g/mol. The van der Waals surface area contributed by atoms with Crippen molar-refractivity contribution in [1.82, 2.24) is 4.98 Å². The first-order chi connectivity index (χ1) is 13.0. The second-order valence-electron chi connectivity index (χ2n) is 5.81. The Kier molecular flexibility index (Phi) is 4.78. The first-order valence-corrected chi connectivity index (χ1v) is 10.1. The number of benzene rings is 2. The van der Waals surface area contributed by atoms with Crippen molar-refractivity contribution >= 4 is 61.2 Å². The molecule has 2 heterocycles. The summed E-state index contributed by atoms with van der Waals surface area (Å²) < 4.78 is 0.946. The number of thiophene rings is 1. The molecule has 0 aliphatic carbocycles. The van der Waals surface area contributed by atoms with Gasteiger partial charge in [0.05, 0.1) is 15.6 Å².